The van der Waals surface area contributed by atoms with Gasteiger partial charge in [-0.05, 0) is 0 Å². The quantitative estimate of drug-likeness (QED) is 0.396. The molecule has 1 aliphatic carbocycles. The molecule has 0 saturated heterocycles. The van der Waals surface area contributed by atoms with Crippen LogP contribution in [0.4, 0.5) is 0 Å². The number of hydrogen-bond acceptors (Lipinski definition) is 0. The van der Waals surface area contributed by atoms with E-state index >= 15 is 0 Å². The van der Waals surface area contributed by atoms with Crippen LogP contribution in [0.1, 0.15) is 16.7 Å². The first-order valence-electron chi connectivity index (χ1n) is 6.92. The van der Waals surface area contributed by atoms with Crippen LogP contribution in [-0.2, 0) is 2.97 Å². The number of halogens is 1. The summed E-state index contributed by atoms with van der Waals surface area (Å²) in [6.07, 6.45) is 0. The van der Waals surface area contributed by atoms with Crippen LogP contribution in [-0.4, -0.2) is 25.8 Å². The van der Waals surface area contributed by atoms with Crippen LogP contribution in [0.15, 0.2) is 77.3 Å². The zero-order valence-corrected chi connectivity index (χ0v) is 16.8. The minimum atomic E-state index is 0.0525. The molecule has 3 radical (unpaired) electrons. The molecule has 21 heavy (non-hydrogen) atoms. The minimum absolute atomic E-state index is 0.0525. The van der Waals surface area contributed by atoms with Gasteiger partial charge in [-0.1, -0.05) is 0 Å². The Kier molecular flexibility index (Phi) is 3.30. The van der Waals surface area contributed by atoms with E-state index in [2.05, 4.69) is 88.7 Å². The van der Waals surface area contributed by atoms with Crippen molar-refractivity contribution in [1.82, 2.24) is 0 Å². The average Bonchev–Trinajstić information content (AvgIpc) is 2.79. The summed E-state index contributed by atoms with van der Waals surface area (Å²) in [5.41, 5.74) is 7.07. The molecule has 3 aromatic carbocycles. The second-order valence-corrected chi connectivity index (χ2v) is 9.18. The van der Waals surface area contributed by atoms with Crippen LogP contribution >= 0.6 is 15.9 Å². The Hall–Kier alpha value is -0.938. The number of benzene rings is 3. The third-order valence-corrected chi connectivity index (χ3v) is 7.92. The van der Waals surface area contributed by atoms with E-state index in [0.717, 1.165) is 30.2 Å². The molecular weight excluding hydrogens is 515 g/mol. The van der Waals surface area contributed by atoms with E-state index in [-0.39, 0.29) is 2.97 Å². The number of hydrogen-bond donors (Lipinski definition) is 0. The van der Waals surface area contributed by atoms with E-state index in [4.69, 9.17) is 0 Å². The Balaban J connectivity index is 2.10. The molecule has 0 heterocycles. The van der Waals surface area contributed by atoms with Crippen molar-refractivity contribution in [1.29, 1.82) is 0 Å². The summed E-state index contributed by atoms with van der Waals surface area (Å²) in [7, 11) is 0. The summed E-state index contributed by atoms with van der Waals surface area (Å²) >= 11 is 4.70. The van der Waals surface area contributed by atoms with Gasteiger partial charge in [-0.3, -0.25) is 0 Å². The van der Waals surface area contributed by atoms with E-state index in [1.165, 1.54) is 27.8 Å². The Labute approximate surface area is 149 Å². The van der Waals surface area contributed by atoms with Gasteiger partial charge in [0.2, 0.25) is 0 Å². The number of rotatable bonds is 1. The van der Waals surface area contributed by atoms with Crippen LogP contribution in [0.5, 0.6) is 0 Å². The first-order valence-corrected chi connectivity index (χ1v) is 9.65. The van der Waals surface area contributed by atoms with Gasteiger partial charge >= 0.3 is 150 Å². The van der Waals surface area contributed by atoms with Crippen LogP contribution in [0.25, 0.3) is 11.1 Å². The van der Waals surface area contributed by atoms with E-state index < -0.39 is 0 Å². The van der Waals surface area contributed by atoms with Gasteiger partial charge in [0.25, 0.3) is 0 Å². The van der Waals surface area contributed by atoms with Gasteiger partial charge in [0.15, 0.2) is 0 Å². The molecule has 3 aromatic rings. The molecule has 0 spiro atoms. The van der Waals surface area contributed by atoms with Gasteiger partial charge in [0.05, 0.1) is 0 Å². The zero-order chi connectivity index (χ0) is 14.4. The van der Waals surface area contributed by atoms with Gasteiger partial charge in [-0.2, -0.15) is 0 Å². The van der Waals surface area contributed by atoms with E-state index in [1.54, 1.807) is 0 Å². The monoisotopic (exact) mass is 527 g/mol. The van der Waals surface area contributed by atoms with Crippen molar-refractivity contribution in [3.05, 3.63) is 94.0 Å². The predicted molar refractivity (Wildman–Crippen MR) is 91.7 cm³/mol. The molecule has 0 aromatic heterocycles. The van der Waals surface area contributed by atoms with Crippen molar-refractivity contribution in [2.45, 2.75) is 2.97 Å². The summed E-state index contributed by atoms with van der Waals surface area (Å²) < 4.78 is 1.21. The third kappa shape index (κ3) is 1.97. The average molecular weight is 527 g/mol. The molecule has 0 N–H and O–H groups in total. The van der Waals surface area contributed by atoms with Crippen molar-refractivity contribution >= 4 is 41.7 Å². The van der Waals surface area contributed by atoms with Crippen molar-refractivity contribution in [3.8, 4) is 11.1 Å². The topological polar surface area (TPSA) is 0 Å². The van der Waals surface area contributed by atoms with Gasteiger partial charge in [-0.15, -0.1) is 0 Å². The van der Waals surface area contributed by atoms with Gasteiger partial charge in [0.1, 0.15) is 0 Å². The van der Waals surface area contributed by atoms with Gasteiger partial charge in [-0.25, -0.2) is 0 Å². The summed E-state index contributed by atoms with van der Waals surface area (Å²) in [6.45, 7) is 0. The zero-order valence-electron chi connectivity index (χ0n) is 11.3. The maximum atomic E-state index is 3.65. The molecule has 1 atom stereocenters. The van der Waals surface area contributed by atoms with Crippen LogP contribution in [0.2, 0.25) is 0 Å². The van der Waals surface area contributed by atoms with Gasteiger partial charge in [0, 0.05) is 0 Å². The fraction of sp³-hybridized carbons (Fsp3) is 0.0526. The van der Waals surface area contributed by atoms with E-state index in [1.807, 2.05) is 0 Å². The first-order chi connectivity index (χ1) is 10.2. The summed E-state index contributed by atoms with van der Waals surface area (Å²) in [5, 5.41) is 0. The van der Waals surface area contributed by atoms with E-state index in [9.17, 15) is 0 Å². The Morgan fingerprint density at radius 1 is 0.714 bits per heavy atom. The van der Waals surface area contributed by atoms with Crippen molar-refractivity contribution < 1.29 is 0 Å². The molecule has 4 rings (SSSR count). The molecule has 99 valence electrons. The second kappa shape index (κ2) is 5.06. The Morgan fingerprint density at radius 2 is 1.38 bits per heavy atom. The fourth-order valence-corrected chi connectivity index (χ4v) is 5.91. The Morgan fingerprint density at radius 3 is 2.19 bits per heavy atom. The maximum absolute atomic E-state index is 3.65. The Bertz CT molecular complexity index is 826. The van der Waals surface area contributed by atoms with Gasteiger partial charge < -0.3 is 0 Å². The van der Waals surface area contributed by atoms with Crippen LogP contribution < -0.4 is 0 Å². The van der Waals surface area contributed by atoms with E-state index in [0.29, 0.717) is 0 Å². The van der Waals surface area contributed by atoms with Crippen molar-refractivity contribution in [2.75, 3.05) is 0 Å². The number of fused-ring (bicyclic) bond motifs is 3. The molecule has 0 fully saturated rings. The predicted octanol–water partition coefficient (Wildman–Crippen LogP) is 4.89. The molecule has 0 aliphatic heterocycles. The first kappa shape index (κ1) is 13.7. The molecule has 1 unspecified atom stereocenters. The second-order valence-electron chi connectivity index (χ2n) is 5.35. The van der Waals surface area contributed by atoms with Crippen molar-refractivity contribution in [3.63, 3.8) is 0 Å². The standard InChI is InChI=1S/C19H12Br.Pb/c20-14-10-11-16-15-8-4-5-9-17(15)19(18(16)12-14)13-6-2-1-3-7-13;/h1-12H;. The van der Waals surface area contributed by atoms with Crippen molar-refractivity contribution in [2.24, 2.45) is 0 Å². The molecule has 2 heteroatoms. The summed E-state index contributed by atoms with van der Waals surface area (Å²) in [5.74, 6) is 0. The molecule has 0 nitrogen and oxygen atoms in total. The van der Waals surface area contributed by atoms with Crippen LogP contribution in [0.3, 0.4) is 0 Å². The summed E-state index contributed by atoms with van der Waals surface area (Å²) in [4.78, 5) is 0. The molecule has 0 amide bonds. The fourth-order valence-electron chi connectivity index (χ4n) is 3.25. The van der Waals surface area contributed by atoms with Crippen LogP contribution in [0, 0.1) is 0 Å². The SMILES string of the molecule is Brc1ccc2c(c1)[C]([Pb])(c1ccccc1)c1ccccc1-2. The molecule has 0 bridgehead atoms. The summed E-state index contributed by atoms with van der Waals surface area (Å²) in [6, 6.07) is 26.5. The molecule has 0 saturated carbocycles. The molecular formula is C19H12BrPb. The third-order valence-electron chi connectivity index (χ3n) is 4.21. The molecule has 1 aliphatic rings. The normalized spacial score (nSPS) is 19.1.